The predicted octanol–water partition coefficient (Wildman–Crippen LogP) is 1.04. The number of aryl methyl sites for hydroxylation is 2. The molecule has 0 fully saturated rings. The first-order chi connectivity index (χ1) is 6.63. The Kier molecular flexibility index (Phi) is 4.16. The van der Waals surface area contributed by atoms with Crippen LogP contribution in [0, 0.1) is 6.92 Å². The molecule has 0 atom stereocenters. The minimum Gasteiger partial charge on any atom is -0.377 e. The smallest absolute Gasteiger partial charge is 0.168 e. The number of methoxy groups -OCH3 is 1. The van der Waals surface area contributed by atoms with Gasteiger partial charge in [-0.1, -0.05) is 11.8 Å². The van der Waals surface area contributed by atoms with E-state index in [-0.39, 0.29) is 12.4 Å². The Hall–Kier alpha value is -0.810. The lowest BCUT2D eigenvalue weighted by molar-refractivity contribution is -0.120. The second kappa shape index (κ2) is 5.17. The van der Waals surface area contributed by atoms with Crippen molar-refractivity contribution in [1.29, 1.82) is 0 Å². The summed E-state index contributed by atoms with van der Waals surface area (Å²) in [6.07, 6.45) is 0. The molecule has 0 unspecified atom stereocenters. The van der Waals surface area contributed by atoms with Gasteiger partial charge in [0.2, 0.25) is 0 Å². The zero-order valence-electron chi connectivity index (χ0n) is 8.61. The molecule has 1 rings (SSSR count). The van der Waals surface area contributed by atoms with Crippen molar-refractivity contribution < 1.29 is 9.53 Å². The summed E-state index contributed by atoms with van der Waals surface area (Å²) in [4.78, 5) is 11.2. The number of carbonyl (C=O) groups is 1. The summed E-state index contributed by atoms with van der Waals surface area (Å²) in [5, 5.41) is 5.19. The maximum absolute atomic E-state index is 11.2. The highest BCUT2D eigenvalue weighted by Gasteiger charge is 2.06. The lowest BCUT2D eigenvalue weighted by atomic mass is 10.5. The van der Waals surface area contributed by atoms with Gasteiger partial charge < -0.3 is 4.74 Å². The molecular weight excluding hydrogens is 200 g/mol. The van der Waals surface area contributed by atoms with Gasteiger partial charge in [0.25, 0.3) is 0 Å². The fourth-order valence-electron chi connectivity index (χ4n) is 1.08. The van der Waals surface area contributed by atoms with Crippen molar-refractivity contribution in [2.45, 2.75) is 11.9 Å². The van der Waals surface area contributed by atoms with Crippen molar-refractivity contribution in [3.8, 4) is 0 Å². The van der Waals surface area contributed by atoms with Gasteiger partial charge in [-0.25, -0.2) is 0 Å². The van der Waals surface area contributed by atoms with Gasteiger partial charge in [0.05, 0.1) is 16.5 Å². The van der Waals surface area contributed by atoms with E-state index in [4.69, 9.17) is 4.74 Å². The number of hydrogen-bond donors (Lipinski definition) is 0. The Morgan fingerprint density at radius 3 is 2.93 bits per heavy atom. The molecule has 1 aromatic rings. The molecular formula is C9H14N2O2S. The molecule has 0 aliphatic rings. The molecule has 5 heteroatoms. The van der Waals surface area contributed by atoms with E-state index in [1.165, 1.54) is 18.9 Å². The molecule has 0 bridgehead atoms. The molecule has 0 amide bonds. The zero-order valence-corrected chi connectivity index (χ0v) is 9.43. The van der Waals surface area contributed by atoms with E-state index in [0.29, 0.717) is 5.75 Å². The molecule has 4 nitrogen and oxygen atoms in total. The minimum atomic E-state index is 0.0938. The van der Waals surface area contributed by atoms with Crippen LogP contribution in [0.3, 0.4) is 0 Å². The number of ketones is 1. The summed E-state index contributed by atoms with van der Waals surface area (Å²) in [6.45, 7) is 2.12. The van der Waals surface area contributed by atoms with Crippen LogP contribution in [-0.2, 0) is 16.6 Å². The van der Waals surface area contributed by atoms with Crippen molar-refractivity contribution in [2.75, 3.05) is 19.5 Å². The number of hydrogen-bond acceptors (Lipinski definition) is 4. The van der Waals surface area contributed by atoms with Gasteiger partial charge in [-0.3, -0.25) is 9.48 Å². The number of aromatic nitrogens is 2. The second-order valence-corrected chi connectivity index (χ2v) is 4.00. The highest BCUT2D eigenvalue weighted by Crippen LogP contribution is 2.17. The van der Waals surface area contributed by atoms with Gasteiger partial charge in [-0.15, -0.1) is 0 Å². The third kappa shape index (κ3) is 3.16. The Bertz CT molecular complexity index is 323. The third-order valence-corrected chi connectivity index (χ3v) is 2.79. The van der Waals surface area contributed by atoms with Crippen molar-refractivity contribution in [2.24, 2.45) is 7.05 Å². The van der Waals surface area contributed by atoms with Crippen LogP contribution >= 0.6 is 11.8 Å². The van der Waals surface area contributed by atoms with Crippen LogP contribution in [0.2, 0.25) is 0 Å². The van der Waals surface area contributed by atoms with Crippen LogP contribution in [0.1, 0.15) is 5.69 Å². The average molecular weight is 214 g/mol. The van der Waals surface area contributed by atoms with E-state index in [2.05, 4.69) is 5.10 Å². The van der Waals surface area contributed by atoms with Crippen LogP contribution in [0.5, 0.6) is 0 Å². The van der Waals surface area contributed by atoms with Crippen molar-refractivity contribution in [3.05, 3.63) is 11.8 Å². The standard InChI is InChI=1S/C9H14N2O2S/c1-7-4-9(11(2)10-7)14-6-8(12)5-13-3/h4H,5-6H2,1-3H3. The number of Topliss-reactive ketones (excluding diaryl/α,β-unsaturated/α-hetero) is 1. The molecule has 14 heavy (non-hydrogen) atoms. The van der Waals surface area contributed by atoms with Crippen molar-refractivity contribution in [1.82, 2.24) is 9.78 Å². The fourth-order valence-corrected chi connectivity index (χ4v) is 1.95. The maximum Gasteiger partial charge on any atom is 0.168 e. The number of rotatable bonds is 5. The molecule has 0 spiro atoms. The number of carbonyl (C=O) groups excluding carboxylic acids is 1. The monoisotopic (exact) mass is 214 g/mol. The Labute approximate surface area is 87.6 Å². The van der Waals surface area contributed by atoms with Crippen LogP contribution in [0.4, 0.5) is 0 Å². The van der Waals surface area contributed by atoms with Crippen LogP contribution < -0.4 is 0 Å². The predicted molar refractivity (Wildman–Crippen MR) is 55.6 cm³/mol. The molecule has 0 aromatic carbocycles. The van der Waals surface area contributed by atoms with Gasteiger partial charge in [-0.05, 0) is 13.0 Å². The van der Waals surface area contributed by atoms with Gasteiger partial charge in [-0.2, -0.15) is 5.10 Å². The first-order valence-electron chi connectivity index (χ1n) is 4.27. The molecule has 0 saturated heterocycles. The van der Waals surface area contributed by atoms with E-state index in [0.717, 1.165) is 10.7 Å². The van der Waals surface area contributed by atoms with Gasteiger partial charge >= 0.3 is 0 Å². The van der Waals surface area contributed by atoms with E-state index in [9.17, 15) is 4.79 Å². The van der Waals surface area contributed by atoms with Crippen molar-refractivity contribution in [3.63, 3.8) is 0 Å². The van der Waals surface area contributed by atoms with E-state index >= 15 is 0 Å². The molecule has 0 aliphatic carbocycles. The Morgan fingerprint density at radius 2 is 2.43 bits per heavy atom. The van der Waals surface area contributed by atoms with Gasteiger partial charge in [0.15, 0.2) is 5.78 Å². The summed E-state index contributed by atoms with van der Waals surface area (Å²) < 4.78 is 6.52. The highest BCUT2D eigenvalue weighted by atomic mass is 32.2. The summed E-state index contributed by atoms with van der Waals surface area (Å²) in [5.41, 5.74) is 0.967. The SMILES string of the molecule is COCC(=O)CSc1cc(C)nn1C. The second-order valence-electron chi connectivity index (χ2n) is 3.01. The number of nitrogens with zero attached hydrogens (tertiary/aromatic N) is 2. The molecule has 0 radical (unpaired) electrons. The minimum absolute atomic E-state index is 0.0938. The third-order valence-electron chi connectivity index (χ3n) is 1.65. The van der Waals surface area contributed by atoms with Crippen LogP contribution in [-0.4, -0.2) is 35.0 Å². The van der Waals surface area contributed by atoms with E-state index < -0.39 is 0 Å². The van der Waals surface area contributed by atoms with Gasteiger partial charge in [0, 0.05) is 14.2 Å². The summed E-state index contributed by atoms with van der Waals surface area (Å²) in [5.74, 6) is 0.531. The molecule has 0 aliphatic heterocycles. The van der Waals surface area contributed by atoms with E-state index in [1.807, 2.05) is 20.0 Å². The molecule has 1 aromatic heterocycles. The number of thioether (sulfide) groups is 1. The maximum atomic E-state index is 11.2. The highest BCUT2D eigenvalue weighted by molar-refractivity contribution is 7.99. The van der Waals surface area contributed by atoms with Crippen molar-refractivity contribution >= 4 is 17.5 Å². The van der Waals surface area contributed by atoms with E-state index in [1.54, 1.807) is 4.68 Å². The molecule has 78 valence electrons. The summed E-state index contributed by atoms with van der Waals surface area (Å²) in [6, 6.07) is 1.96. The fraction of sp³-hybridized carbons (Fsp3) is 0.556. The number of ether oxygens (including phenoxy) is 1. The molecule has 0 N–H and O–H groups in total. The first-order valence-corrected chi connectivity index (χ1v) is 5.26. The largest absolute Gasteiger partial charge is 0.377 e. The lowest BCUT2D eigenvalue weighted by Gasteiger charge is -2.00. The molecule has 0 saturated carbocycles. The molecule has 1 heterocycles. The summed E-state index contributed by atoms with van der Waals surface area (Å²) >= 11 is 1.49. The quantitative estimate of drug-likeness (QED) is 0.687. The Morgan fingerprint density at radius 1 is 1.71 bits per heavy atom. The zero-order chi connectivity index (χ0) is 10.6. The lowest BCUT2D eigenvalue weighted by Crippen LogP contribution is -2.09. The average Bonchev–Trinajstić information content (AvgIpc) is 2.42. The Balaban J connectivity index is 2.45. The topological polar surface area (TPSA) is 44.1 Å². The first kappa shape index (κ1) is 11.3. The van der Waals surface area contributed by atoms with Gasteiger partial charge in [0.1, 0.15) is 6.61 Å². The normalized spacial score (nSPS) is 10.5. The summed E-state index contributed by atoms with van der Waals surface area (Å²) in [7, 11) is 3.40. The van der Waals surface area contributed by atoms with Crippen LogP contribution in [0.15, 0.2) is 11.1 Å². The van der Waals surface area contributed by atoms with Crippen LogP contribution in [0.25, 0.3) is 0 Å².